The lowest BCUT2D eigenvalue weighted by molar-refractivity contribution is 0.0764. The van der Waals surface area contributed by atoms with Gasteiger partial charge in [0.1, 0.15) is 11.5 Å². The lowest BCUT2D eigenvalue weighted by atomic mass is 9.72. The molecule has 0 fully saturated rings. The second-order valence-corrected chi connectivity index (χ2v) is 15.3. The third-order valence-electron chi connectivity index (χ3n) is 6.82. The van der Waals surface area contributed by atoms with E-state index in [0.29, 0.717) is 35.5 Å². The topological polar surface area (TPSA) is 69.7 Å². The Morgan fingerprint density at radius 2 is 0.947 bits per heavy atom. The van der Waals surface area contributed by atoms with Crippen molar-refractivity contribution >= 4 is 19.4 Å². The predicted octanol–water partition coefficient (Wildman–Crippen LogP) is 8.21. The summed E-state index contributed by atoms with van der Waals surface area (Å²) in [5.74, 6) is 0.885. The lowest BCUT2D eigenvalue weighted by Gasteiger charge is -2.37. The van der Waals surface area contributed by atoms with Crippen LogP contribution in [0.25, 0.3) is 0 Å². The van der Waals surface area contributed by atoms with Crippen LogP contribution in [0, 0.1) is 21.7 Å². The Hall–Kier alpha value is -2.39. The molecule has 0 aliphatic rings. The minimum atomic E-state index is -2.36. The third kappa shape index (κ3) is 8.30. The van der Waals surface area contributed by atoms with E-state index >= 15 is 0 Å². The first-order valence-electron chi connectivity index (χ1n) is 13.3. The van der Waals surface area contributed by atoms with Crippen molar-refractivity contribution in [2.24, 2.45) is 21.7 Å². The van der Waals surface area contributed by atoms with E-state index in [9.17, 15) is 14.2 Å². The summed E-state index contributed by atoms with van der Waals surface area (Å²) in [6.45, 7) is 16.4. The molecule has 0 radical (unpaired) electrons. The molecule has 2 rings (SSSR count). The van der Waals surface area contributed by atoms with E-state index in [4.69, 9.17) is 9.47 Å². The van der Waals surface area contributed by atoms with Crippen LogP contribution in [-0.2, 0) is 4.57 Å². The number of ketones is 2. The first-order valence-corrected chi connectivity index (χ1v) is 15.1. The largest absolute Gasteiger partial charge is 0.496 e. The van der Waals surface area contributed by atoms with Gasteiger partial charge in [0.25, 0.3) is 0 Å². The van der Waals surface area contributed by atoms with Gasteiger partial charge in [-0.1, -0.05) is 79.7 Å². The van der Waals surface area contributed by atoms with Gasteiger partial charge in [-0.05, 0) is 47.9 Å². The predicted molar refractivity (Wildman–Crippen MR) is 158 cm³/mol. The highest BCUT2D eigenvalue weighted by atomic mass is 31.1. The molecule has 6 heteroatoms. The number of ether oxygens (including phenoxy) is 2. The molecule has 0 aliphatic heterocycles. The smallest absolute Gasteiger partial charge is 0.172 e. The Morgan fingerprint density at radius 1 is 0.632 bits per heavy atom. The molecule has 0 N–H and O–H groups in total. The van der Waals surface area contributed by atoms with Crippen molar-refractivity contribution in [3.05, 3.63) is 59.7 Å². The average molecular weight is 543 g/mol. The SMILES string of the molecule is COc1ccccc1C(=O)C(C)(C[PH](=O)CC(C)(CC(C)(C)C)C(=O)c1ccccc1OC)CC(C)(C)C. The van der Waals surface area contributed by atoms with Gasteiger partial charge < -0.3 is 14.0 Å². The molecule has 2 aromatic carbocycles. The normalized spacial score (nSPS) is 16.2. The summed E-state index contributed by atoms with van der Waals surface area (Å²) in [4.78, 5) is 28.0. The average Bonchev–Trinajstić information content (AvgIpc) is 2.80. The van der Waals surface area contributed by atoms with Crippen molar-refractivity contribution < 1.29 is 23.6 Å². The number of carbonyl (C=O) groups is 2. The Balaban J connectivity index is 2.49. The zero-order valence-corrected chi connectivity index (χ0v) is 26.0. The third-order valence-corrected chi connectivity index (χ3v) is 9.16. The molecular weight excluding hydrogens is 495 g/mol. The first kappa shape index (κ1) is 31.8. The number of hydrogen-bond acceptors (Lipinski definition) is 5. The molecule has 210 valence electrons. The number of hydrogen-bond donors (Lipinski definition) is 0. The molecule has 0 bridgehead atoms. The van der Waals surface area contributed by atoms with E-state index in [1.54, 1.807) is 38.5 Å². The van der Waals surface area contributed by atoms with Crippen molar-refractivity contribution in [3.63, 3.8) is 0 Å². The highest BCUT2D eigenvalue weighted by molar-refractivity contribution is 7.44. The number of carbonyl (C=O) groups excluding carboxylic acids is 2. The standard InChI is InChI=1S/C32H47O5P/c1-29(2,3)19-31(7,27(33)23-15-11-13-17-25(23)36-9)21-38(35)22-32(8,20-30(4,5)6)28(34)24-16-12-14-18-26(24)37-10/h11-18,38H,19-22H2,1-10H3. The van der Waals surface area contributed by atoms with Gasteiger partial charge in [0, 0.05) is 23.2 Å². The summed E-state index contributed by atoms with van der Waals surface area (Å²) in [5.41, 5.74) is -1.09. The molecule has 0 aromatic heterocycles. The molecular formula is C32H47O5P. The molecule has 2 unspecified atom stereocenters. The van der Waals surface area contributed by atoms with Crippen LogP contribution in [0.5, 0.6) is 11.5 Å². The molecule has 5 nitrogen and oxygen atoms in total. The van der Waals surface area contributed by atoms with Crippen molar-refractivity contribution in [2.75, 3.05) is 26.5 Å². The summed E-state index contributed by atoms with van der Waals surface area (Å²) in [5, 5.41) is 0. The van der Waals surface area contributed by atoms with Gasteiger partial charge in [0.2, 0.25) is 0 Å². The lowest BCUT2D eigenvalue weighted by Crippen LogP contribution is -2.38. The molecule has 0 amide bonds. The highest BCUT2D eigenvalue weighted by Crippen LogP contribution is 2.48. The van der Waals surface area contributed by atoms with Gasteiger partial charge in [0.05, 0.1) is 33.1 Å². The molecule has 0 spiro atoms. The van der Waals surface area contributed by atoms with Crippen LogP contribution in [0.1, 0.15) is 88.9 Å². The second-order valence-electron chi connectivity index (χ2n) is 13.5. The van der Waals surface area contributed by atoms with Crippen molar-refractivity contribution in [3.8, 4) is 11.5 Å². The number of Topliss-reactive ketones (excluding diaryl/α,β-unsaturated/α-hetero) is 2. The molecule has 0 aliphatic carbocycles. The van der Waals surface area contributed by atoms with E-state index in [0.717, 1.165) is 0 Å². The second kappa shape index (κ2) is 12.2. The van der Waals surface area contributed by atoms with Crippen LogP contribution < -0.4 is 9.47 Å². The van der Waals surface area contributed by atoms with Crippen LogP contribution in [0.4, 0.5) is 0 Å². The van der Waals surface area contributed by atoms with Crippen molar-refractivity contribution in [2.45, 2.75) is 68.2 Å². The highest BCUT2D eigenvalue weighted by Gasteiger charge is 2.44. The molecule has 0 saturated heterocycles. The molecule has 0 saturated carbocycles. The van der Waals surface area contributed by atoms with Crippen LogP contribution in [0.2, 0.25) is 0 Å². The van der Waals surface area contributed by atoms with Gasteiger partial charge in [-0.2, -0.15) is 0 Å². The fourth-order valence-electron chi connectivity index (χ4n) is 6.03. The fraction of sp³-hybridized carbons (Fsp3) is 0.562. The van der Waals surface area contributed by atoms with Crippen LogP contribution in [0.15, 0.2) is 48.5 Å². The summed E-state index contributed by atoms with van der Waals surface area (Å²) < 4.78 is 25.0. The maximum atomic E-state index is 14.0. The maximum absolute atomic E-state index is 14.0. The van der Waals surface area contributed by atoms with Crippen LogP contribution in [-0.4, -0.2) is 38.1 Å². The molecule has 38 heavy (non-hydrogen) atoms. The molecule has 0 heterocycles. The summed E-state index contributed by atoms with van der Waals surface area (Å²) >= 11 is 0. The van der Waals surface area contributed by atoms with Gasteiger partial charge in [0.15, 0.2) is 11.6 Å². The van der Waals surface area contributed by atoms with E-state index in [2.05, 4.69) is 41.5 Å². The minimum absolute atomic E-state index is 0.0724. The monoisotopic (exact) mass is 542 g/mol. The maximum Gasteiger partial charge on any atom is 0.172 e. The summed E-state index contributed by atoms with van der Waals surface area (Å²) in [7, 11) is 0.745. The number of methoxy groups -OCH3 is 2. The van der Waals surface area contributed by atoms with Crippen molar-refractivity contribution in [1.29, 1.82) is 0 Å². The fourth-order valence-corrected chi connectivity index (χ4v) is 8.47. The van der Waals surface area contributed by atoms with Gasteiger partial charge in [-0.15, -0.1) is 0 Å². The minimum Gasteiger partial charge on any atom is -0.496 e. The van der Waals surface area contributed by atoms with Crippen LogP contribution in [0.3, 0.4) is 0 Å². The Morgan fingerprint density at radius 3 is 1.24 bits per heavy atom. The number of benzene rings is 2. The Kier molecular flexibility index (Phi) is 10.2. The quantitative estimate of drug-likeness (QED) is 0.200. The van der Waals surface area contributed by atoms with Crippen LogP contribution >= 0.6 is 7.80 Å². The van der Waals surface area contributed by atoms with Crippen molar-refractivity contribution in [1.82, 2.24) is 0 Å². The zero-order chi connectivity index (χ0) is 28.9. The van der Waals surface area contributed by atoms with Gasteiger partial charge in [-0.25, -0.2) is 0 Å². The van der Waals surface area contributed by atoms with Gasteiger partial charge in [-0.3, -0.25) is 9.59 Å². The summed E-state index contributed by atoms with van der Waals surface area (Å²) in [6.07, 6.45) is 1.57. The Labute approximate surface area is 230 Å². The summed E-state index contributed by atoms with van der Waals surface area (Å²) in [6, 6.07) is 14.4. The zero-order valence-electron chi connectivity index (χ0n) is 25.0. The number of para-hydroxylation sites is 2. The Bertz CT molecular complexity index is 1070. The first-order chi connectivity index (χ1) is 17.4. The van der Waals surface area contributed by atoms with E-state index < -0.39 is 18.6 Å². The van der Waals surface area contributed by atoms with E-state index in [1.165, 1.54) is 0 Å². The molecule has 2 aromatic rings. The molecule has 2 atom stereocenters. The van der Waals surface area contributed by atoms with E-state index in [1.807, 2.05) is 38.1 Å². The van der Waals surface area contributed by atoms with E-state index in [-0.39, 0.29) is 34.7 Å². The van der Waals surface area contributed by atoms with Gasteiger partial charge >= 0.3 is 0 Å². The number of rotatable bonds is 12.